The van der Waals surface area contributed by atoms with E-state index in [1.807, 2.05) is 0 Å². The number of ether oxygens (including phenoxy) is 1. The fourth-order valence-electron chi connectivity index (χ4n) is 1.01. The van der Waals surface area contributed by atoms with Crippen LogP contribution in [-0.4, -0.2) is 15.4 Å². The summed E-state index contributed by atoms with van der Waals surface area (Å²) in [6.07, 6.45) is 2.07. The van der Waals surface area contributed by atoms with Crippen molar-refractivity contribution in [2.24, 2.45) is 0 Å². The summed E-state index contributed by atoms with van der Waals surface area (Å²) in [6.45, 7) is 2.74. The Kier molecular flexibility index (Phi) is 4.62. The first-order valence-corrected chi connectivity index (χ1v) is 5.68. The van der Waals surface area contributed by atoms with E-state index in [-0.39, 0.29) is 0 Å². The maximum atomic E-state index is 10.7. The standard InChI is InChI=1S/C10H14O3S/c1-2-3-7-13-9-5-4-6-10(8-9)14(11)12/h4-6,8H,2-3,7H2,1H3,(H,11,12). The molecule has 0 aliphatic heterocycles. The van der Waals surface area contributed by atoms with Crippen molar-refractivity contribution in [1.82, 2.24) is 0 Å². The molecule has 0 fully saturated rings. The average Bonchev–Trinajstić information content (AvgIpc) is 2.19. The second kappa shape index (κ2) is 5.78. The molecule has 1 aromatic carbocycles. The van der Waals surface area contributed by atoms with Gasteiger partial charge in [0.25, 0.3) is 0 Å². The van der Waals surface area contributed by atoms with Gasteiger partial charge in [0, 0.05) is 0 Å². The Morgan fingerprint density at radius 1 is 1.50 bits per heavy atom. The maximum absolute atomic E-state index is 10.7. The van der Waals surface area contributed by atoms with Gasteiger partial charge in [-0.1, -0.05) is 19.4 Å². The van der Waals surface area contributed by atoms with Crippen LogP contribution in [0.4, 0.5) is 0 Å². The van der Waals surface area contributed by atoms with Crippen LogP contribution in [-0.2, 0) is 11.1 Å². The lowest BCUT2D eigenvalue weighted by Crippen LogP contribution is -1.97. The fraction of sp³-hybridized carbons (Fsp3) is 0.400. The molecule has 78 valence electrons. The Labute approximate surface area is 86.4 Å². The van der Waals surface area contributed by atoms with Crippen LogP contribution < -0.4 is 4.74 Å². The Morgan fingerprint density at radius 2 is 2.29 bits per heavy atom. The highest BCUT2D eigenvalue weighted by atomic mass is 32.2. The van der Waals surface area contributed by atoms with Crippen molar-refractivity contribution < 1.29 is 13.5 Å². The van der Waals surface area contributed by atoms with Gasteiger partial charge in [-0.2, -0.15) is 0 Å². The van der Waals surface area contributed by atoms with E-state index >= 15 is 0 Å². The number of benzene rings is 1. The molecule has 0 aliphatic rings. The summed E-state index contributed by atoms with van der Waals surface area (Å²) in [4.78, 5) is 0.374. The van der Waals surface area contributed by atoms with Crippen LogP contribution in [0.25, 0.3) is 0 Å². The molecule has 1 atom stereocenters. The Hall–Kier alpha value is -0.870. The summed E-state index contributed by atoms with van der Waals surface area (Å²) in [6, 6.07) is 6.69. The summed E-state index contributed by atoms with van der Waals surface area (Å²) < 4.78 is 25.0. The zero-order valence-corrected chi connectivity index (χ0v) is 8.92. The van der Waals surface area contributed by atoms with Crippen molar-refractivity contribution in [3.8, 4) is 5.75 Å². The molecule has 1 aromatic rings. The smallest absolute Gasteiger partial charge is 0.186 e. The normalized spacial score (nSPS) is 12.4. The highest BCUT2D eigenvalue weighted by molar-refractivity contribution is 7.79. The van der Waals surface area contributed by atoms with Crippen molar-refractivity contribution in [3.05, 3.63) is 24.3 Å². The Balaban J connectivity index is 2.59. The third-order valence-corrected chi connectivity index (χ3v) is 2.43. The summed E-state index contributed by atoms with van der Waals surface area (Å²) in [7, 11) is 0. The third-order valence-electron chi connectivity index (χ3n) is 1.77. The molecule has 0 aromatic heterocycles. The first-order valence-electron chi connectivity index (χ1n) is 4.57. The topological polar surface area (TPSA) is 46.5 Å². The molecule has 0 amide bonds. The minimum atomic E-state index is -1.93. The monoisotopic (exact) mass is 214 g/mol. The number of rotatable bonds is 5. The van der Waals surface area contributed by atoms with Gasteiger partial charge >= 0.3 is 0 Å². The third kappa shape index (κ3) is 3.47. The molecule has 1 N–H and O–H groups in total. The molecule has 0 bridgehead atoms. The highest BCUT2D eigenvalue weighted by Crippen LogP contribution is 2.15. The second-order valence-electron chi connectivity index (χ2n) is 2.93. The van der Waals surface area contributed by atoms with E-state index in [9.17, 15) is 4.21 Å². The van der Waals surface area contributed by atoms with Crippen LogP contribution in [0, 0.1) is 0 Å². The molecule has 3 nitrogen and oxygen atoms in total. The van der Waals surface area contributed by atoms with Gasteiger partial charge in [-0.05, 0) is 24.6 Å². The minimum Gasteiger partial charge on any atom is -0.494 e. The molecule has 1 unspecified atom stereocenters. The number of unbranched alkanes of at least 4 members (excludes halogenated alkanes) is 1. The predicted octanol–water partition coefficient (Wildman–Crippen LogP) is 2.45. The van der Waals surface area contributed by atoms with E-state index in [1.165, 1.54) is 0 Å². The van der Waals surface area contributed by atoms with Crippen LogP contribution in [0.1, 0.15) is 19.8 Å². The van der Waals surface area contributed by atoms with E-state index in [0.29, 0.717) is 17.3 Å². The maximum Gasteiger partial charge on any atom is 0.186 e. The van der Waals surface area contributed by atoms with Crippen molar-refractivity contribution in [1.29, 1.82) is 0 Å². The SMILES string of the molecule is CCCCOc1cccc(S(=O)O)c1. The molecule has 0 saturated carbocycles. The van der Waals surface area contributed by atoms with E-state index in [1.54, 1.807) is 24.3 Å². The fourth-order valence-corrected chi connectivity index (χ4v) is 1.42. The molecule has 4 heteroatoms. The van der Waals surface area contributed by atoms with Crippen molar-refractivity contribution >= 4 is 11.1 Å². The highest BCUT2D eigenvalue weighted by Gasteiger charge is 2.00. The molecule has 0 heterocycles. The molecule has 1 rings (SSSR count). The van der Waals surface area contributed by atoms with Gasteiger partial charge in [0.1, 0.15) is 5.75 Å². The van der Waals surface area contributed by atoms with Gasteiger partial charge in [0.05, 0.1) is 11.5 Å². The largest absolute Gasteiger partial charge is 0.494 e. The Bertz CT molecular complexity index is 312. The van der Waals surface area contributed by atoms with E-state index in [0.717, 1.165) is 12.8 Å². The van der Waals surface area contributed by atoms with E-state index < -0.39 is 11.1 Å². The summed E-state index contributed by atoms with van der Waals surface area (Å²) in [5.41, 5.74) is 0. The lowest BCUT2D eigenvalue weighted by Gasteiger charge is -2.05. The van der Waals surface area contributed by atoms with Crippen LogP contribution in [0.2, 0.25) is 0 Å². The lowest BCUT2D eigenvalue weighted by molar-refractivity contribution is 0.308. The number of hydrogen-bond acceptors (Lipinski definition) is 2. The van der Waals surface area contributed by atoms with Gasteiger partial charge in [0.15, 0.2) is 11.1 Å². The molecule has 0 aliphatic carbocycles. The van der Waals surface area contributed by atoms with Crippen LogP contribution in [0.15, 0.2) is 29.2 Å². The van der Waals surface area contributed by atoms with Gasteiger partial charge in [0.2, 0.25) is 0 Å². The second-order valence-corrected chi connectivity index (χ2v) is 3.90. The van der Waals surface area contributed by atoms with Crippen LogP contribution in [0.3, 0.4) is 0 Å². The summed E-state index contributed by atoms with van der Waals surface area (Å²) >= 11 is -1.93. The van der Waals surface area contributed by atoms with Gasteiger partial charge < -0.3 is 9.29 Å². The van der Waals surface area contributed by atoms with Crippen molar-refractivity contribution in [2.45, 2.75) is 24.7 Å². The zero-order valence-electron chi connectivity index (χ0n) is 8.10. The lowest BCUT2D eigenvalue weighted by atomic mass is 10.3. The average molecular weight is 214 g/mol. The predicted molar refractivity (Wildman–Crippen MR) is 55.9 cm³/mol. The van der Waals surface area contributed by atoms with Crippen molar-refractivity contribution in [3.63, 3.8) is 0 Å². The van der Waals surface area contributed by atoms with Crippen molar-refractivity contribution in [2.75, 3.05) is 6.61 Å². The molecule has 0 saturated heterocycles. The molecule has 0 radical (unpaired) electrons. The van der Waals surface area contributed by atoms with Crippen LogP contribution in [0.5, 0.6) is 5.75 Å². The van der Waals surface area contributed by atoms with Gasteiger partial charge in [-0.15, -0.1) is 0 Å². The molecule has 0 spiro atoms. The first kappa shape index (κ1) is 11.2. The summed E-state index contributed by atoms with van der Waals surface area (Å²) in [5.74, 6) is 0.651. The minimum absolute atomic E-state index is 0.374. The Morgan fingerprint density at radius 3 is 2.93 bits per heavy atom. The zero-order chi connectivity index (χ0) is 10.4. The quantitative estimate of drug-likeness (QED) is 0.605. The number of hydrogen-bond donors (Lipinski definition) is 1. The van der Waals surface area contributed by atoms with Crippen LogP contribution >= 0.6 is 0 Å². The van der Waals surface area contributed by atoms with Gasteiger partial charge in [-0.3, -0.25) is 0 Å². The molecular weight excluding hydrogens is 200 g/mol. The first-order chi connectivity index (χ1) is 6.74. The van der Waals surface area contributed by atoms with E-state index in [4.69, 9.17) is 9.29 Å². The molecular formula is C10H14O3S. The summed E-state index contributed by atoms with van der Waals surface area (Å²) in [5, 5.41) is 0. The van der Waals surface area contributed by atoms with E-state index in [2.05, 4.69) is 6.92 Å². The van der Waals surface area contributed by atoms with Gasteiger partial charge in [-0.25, -0.2) is 4.21 Å². The molecule has 14 heavy (non-hydrogen) atoms.